The number of rotatable bonds is 3. The Morgan fingerprint density at radius 3 is 2.76 bits per heavy atom. The second kappa shape index (κ2) is 5.48. The molecule has 1 saturated carbocycles. The van der Waals surface area contributed by atoms with Crippen LogP contribution in [0.2, 0.25) is 0 Å². The molecule has 0 atom stereocenters. The maximum Gasteiger partial charge on any atom is 0.251 e. The molecule has 2 amide bonds. The molecule has 1 aromatic rings. The summed E-state index contributed by atoms with van der Waals surface area (Å²) >= 11 is 0. The standard InChI is InChI=1S/C16H21N3O2/c17-10-16(7-1-2-8-16)19-15(21)12-3-5-13-11(9-12)4-6-14(20)18-13/h3,5,9H,1-2,4,6-8,10,17H2,(H,18,20)(H,19,21). The van der Waals surface area contributed by atoms with E-state index in [1.54, 1.807) is 6.07 Å². The number of anilines is 1. The van der Waals surface area contributed by atoms with Crippen molar-refractivity contribution < 1.29 is 9.59 Å². The number of benzene rings is 1. The summed E-state index contributed by atoms with van der Waals surface area (Å²) in [5.74, 6) is -0.0326. The highest BCUT2D eigenvalue weighted by atomic mass is 16.2. The molecule has 0 aromatic heterocycles. The van der Waals surface area contributed by atoms with Gasteiger partial charge in [0.1, 0.15) is 0 Å². The van der Waals surface area contributed by atoms with Gasteiger partial charge < -0.3 is 16.4 Å². The van der Waals surface area contributed by atoms with Crippen LogP contribution < -0.4 is 16.4 Å². The van der Waals surface area contributed by atoms with E-state index in [-0.39, 0.29) is 17.4 Å². The van der Waals surface area contributed by atoms with Gasteiger partial charge in [-0.1, -0.05) is 12.8 Å². The quantitative estimate of drug-likeness (QED) is 0.789. The number of carbonyl (C=O) groups excluding carboxylic acids is 2. The van der Waals surface area contributed by atoms with E-state index in [1.165, 1.54) is 0 Å². The van der Waals surface area contributed by atoms with Crippen LogP contribution in [-0.4, -0.2) is 23.9 Å². The average Bonchev–Trinajstić information content (AvgIpc) is 2.95. The summed E-state index contributed by atoms with van der Waals surface area (Å²) < 4.78 is 0. The van der Waals surface area contributed by atoms with Gasteiger partial charge in [0, 0.05) is 24.2 Å². The molecule has 5 nitrogen and oxygen atoms in total. The molecule has 0 spiro atoms. The van der Waals surface area contributed by atoms with Crippen LogP contribution in [0, 0.1) is 0 Å². The molecule has 0 unspecified atom stereocenters. The maximum absolute atomic E-state index is 12.5. The van der Waals surface area contributed by atoms with Gasteiger partial charge in [-0.05, 0) is 43.0 Å². The summed E-state index contributed by atoms with van der Waals surface area (Å²) in [4.78, 5) is 23.8. The van der Waals surface area contributed by atoms with Crippen molar-refractivity contribution in [3.8, 4) is 0 Å². The van der Waals surface area contributed by atoms with Gasteiger partial charge in [0.25, 0.3) is 5.91 Å². The van der Waals surface area contributed by atoms with Crippen molar-refractivity contribution >= 4 is 17.5 Å². The summed E-state index contributed by atoms with van der Waals surface area (Å²) in [6.07, 6.45) is 5.31. The van der Waals surface area contributed by atoms with E-state index in [0.29, 0.717) is 24.9 Å². The summed E-state index contributed by atoms with van der Waals surface area (Å²) in [6, 6.07) is 5.45. The lowest BCUT2D eigenvalue weighted by Crippen LogP contribution is -2.51. The molecule has 3 rings (SSSR count). The zero-order valence-electron chi connectivity index (χ0n) is 12.1. The van der Waals surface area contributed by atoms with E-state index < -0.39 is 0 Å². The molecular formula is C16H21N3O2. The van der Waals surface area contributed by atoms with Crippen molar-refractivity contribution in [2.24, 2.45) is 5.73 Å². The molecule has 5 heteroatoms. The molecule has 1 aromatic carbocycles. The Kier molecular flexibility index (Phi) is 3.68. The molecule has 0 radical (unpaired) electrons. The first-order chi connectivity index (χ1) is 10.1. The lowest BCUT2D eigenvalue weighted by molar-refractivity contribution is -0.116. The molecule has 0 bridgehead atoms. The fourth-order valence-electron chi connectivity index (χ4n) is 3.27. The molecule has 2 aliphatic rings. The Morgan fingerprint density at radius 2 is 2.05 bits per heavy atom. The van der Waals surface area contributed by atoms with E-state index in [4.69, 9.17) is 5.73 Å². The van der Waals surface area contributed by atoms with E-state index >= 15 is 0 Å². The van der Waals surface area contributed by atoms with E-state index in [2.05, 4.69) is 10.6 Å². The Balaban J connectivity index is 1.77. The van der Waals surface area contributed by atoms with Crippen LogP contribution in [0.4, 0.5) is 5.69 Å². The number of hydrogen-bond donors (Lipinski definition) is 3. The Labute approximate surface area is 124 Å². The zero-order valence-corrected chi connectivity index (χ0v) is 12.1. The van der Waals surface area contributed by atoms with Gasteiger partial charge in [0.05, 0.1) is 5.54 Å². The largest absolute Gasteiger partial charge is 0.345 e. The van der Waals surface area contributed by atoms with Gasteiger partial charge >= 0.3 is 0 Å². The first kappa shape index (κ1) is 14.1. The van der Waals surface area contributed by atoms with E-state index in [9.17, 15) is 9.59 Å². The number of amides is 2. The third-order valence-corrected chi connectivity index (χ3v) is 4.59. The number of hydrogen-bond acceptors (Lipinski definition) is 3. The van der Waals surface area contributed by atoms with Crippen LogP contribution >= 0.6 is 0 Å². The van der Waals surface area contributed by atoms with Crippen LogP contribution in [-0.2, 0) is 11.2 Å². The van der Waals surface area contributed by atoms with Gasteiger partial charge in [-0.3, -0.25) is 9.59 Å². The number of nitrogens with one attached hydrogen (secondary N) is 2. The highest BCUT2D eigenvalue weighted by Gasteiger charge is 2.34. The fraction of sp³-hybridized carbons (Fsp3) is 0.500. The SMILES string of the molecule is NCC1(NC(=O)c2ccc3c(c2)CCC(=O)N3)CCCC1. The third-order valence-electron chi connectivity index (χ3n) is 4.59. The highest BCUT2D eigenvalue weighted by Crippen LogP contribution is 2.29. The monoisotopic (exact) mass is 287 g/mol. The molecule has 1 aliphatic heterocycles. The zero-order chi connectivity index (χ0) is 14.9. The highest BCUT2D eigenvalue weighted by molar-refractivity contribution is 5.98. The maximum atomic E-state index is 12.5. The average molecular weight is 287 g/mol. The second-order valence-corrected chi connectivity index (χ2v) is 6.07. The van der Waals surface area contributed by atoms with E-state index in [0.717, 1.165) is 36.9 Å². The number of aryl methyl sites for hydroxylation is 1. The lowest BCUT2D eigenvalue weighted by Gasteiger charge is -2.29. The van der Waals surface area contributed by atoms with Crippen LogP contribution in [0.3, 0.4) is 0 Å². The lowest BCUT2D eigenvalue weighted by atomic mass is 9.96. The van der Waals surface area contributed by atoms with Crippen molar-refractivity contribution in [3.63, 3.8) is 0 Å². The molecule has 1 aliphatic carbocycles. The smallest absolute Gasteiger partial charge is 0.251 e. The Bertz CT molecular complexity index is 577. The van der Waals surface area contributed by atoms with Crippen molar-refractivity contribution in [3.05, 3.63) is 29.3 Å². The van der Waals surface area contributed by atoms with Crippen molar-refractivity contribution in [1.82, 2.24) is 5.32 Å². The van der Waals surface area contributed by atoms with Crippen LogP contribution in [0.1, 0.15) is 48.0 Å². The molecular weight excluding hydrogens is 266 g/mol. The normalized spacial score (nSPS) is 19.8. The summed E-state index contributed by atoms with van der Waals surface area (Å²) in [5.41, 5.74) is 8.11. The van der Waals surface area contributed by atoms with Gasteiger partial charge in [-0.15, -0.1) is 0 Å². The van der Waals surface area contributed by atoms with Crippen LogP contribution in [0.15, 0.2) is 18.2 Å². The topological polar surface area (TPSA) is 84.2 Å². The number of carbonyl (C=O) groups is 2. The third kappa shape index (κ3) is 2.78. The number of fused-ring (bicyclic) bond motifs is 1. The van der Waals surface area contributed by atoms with Gasteiger partial charge in [0.2, 0.25) is 5.91 Å². The molecule has 112 valence electrons. The first-order valence-corrected chi connectivity index (χ1v) is 7.57. The molecule has 1 fully saturated rings. The van der Waals surface area contributed by atoms with E-state index in [1.807, 2.05) is 12.1 Å². The summed E-state index contributed by atoms with van der Waals surface area (Å²) in [5, 5.41) is 5.95. The van der Waals surface area contributed by atoms with Crippen molar-refractivity contribution in [1.29, 1.82) is 0 Å². The summed E-state index contributed by atoms with van der Waals surface area (Å²) in [7, 11) is 0. The first-order valence-electron chi connectivity index (χ1n) is 7.57. The predicted molar refractivity (Wildman–Crippen MR) is 81.1 cm³/mol. The molecule has 1 heterocycles. The minimum absolute atomic E-state index is 0.0349. The summed E-state index contributed by atoms with van der Waals surface area (Å²) in [6.45, 7) is 0.486. The fourth-order valence-corrected chi connectivity index (χ4v) is 3.27. The van der Waals surface area contributed by atoms with Gasteiger partial charge in [0.15, 0.2) is 0 Å². The molecule has 0 saturated heterocycles. The Hall–Kier alpha value is -1.88. The van der Waals surface area contributed by atoms with Crippen molar-refractivity contribution in [2.75, 3.05) is 11.9 Å². The van der Waals surface area contributed by atoms with Gasteiger partial charge in [-0.25, -0.2) is 0 Å². The Morgan fingerprint density at radius 1 is 1.29 bits per heavy atom. The minimum atomic E-state index is -0.235. The van der Waals surface area contributed by atoms with Gasteiger partial charge in [-0.2, -0.15) is 0 Å². The molecule has 21 heavy (non-hydrogen) atoms. The van der Waals surface area contributed by atoms with Crippen molar-refractivity contribution in [2.45, 2.75) is 44.1 Å². The molecule has 4 N–H and O–H groups in total. The minimum Gasteiger partial charge on any atom is -0.345 e. The van der Waals surface area contributed by atoms with Crippen LogP contribution in [0.5, 0.6) is 0 Å². The van der Waals surface area contributed by atoms with Crippen LogP contribution in [0.25, 0.3) is 0 Å². The number of nitrogens with two attached hydrogens (primary N) is 1. The second-order valence-electron chi connectivity index (χ2n) is 6.07. The predicted octanol–water partition coefficient (Wildman–Crippen LogP) is 1.57.